The van der Waals surface area contributed by atoms with Gasteiger partial charge in [-0.05, 0) is 57.4 Å². The highest BCUT2D eigenvalue weighted by atomic mass is 32.2. The largest absolute Gasteiger partial charge is 0.379 e. The lowest BCUT2D eigenvalue weighted by atomic mass is 10.0. The van der Waals surface area contributed by atoms with E-state index in [-0.39, 0.29) is 59.9 Å². The molecule has 410 valence electrons. The number of nitrogens with zero attached hydrogens (tertiary/aromatic N) is 1. The van der Waals surface area contributed by atoms with E-state index in [2.05, 4.69) is 49.3 Å². The second kappa shape index (κ2) is 35.1. The van der Waals surface area contributed by atoms with Crippen molar-refractivity contribution in [2.24, 2.45) is 0 Å². The number of benzene rings is 1. The Bertz CT molecular complexity index is 1770. The summed E-state index contributed by atoms with van der Waals surface area (Å²) in [4.78, 5) is 73.4. The molecule has 6 atom stereocenters. The van der Waals surface area contributed by atoms with Crippen molar-refractivity contribution in [1.82, 2.24) is 42.5 Å². The number of nitrogens with one attached hydrogen (secondary N) is 8. The van der Waals surface area contributed by atoms with Gasteiger partial charge in [-0.1, -0.05) is 12.8 Å². The van der Waals surface area contributed by atoms with Crippen LogP contribution in [-0.2, 0) is 38.0 Å². The number of amides is 8. The number of unbranched alkanes of at least 4 members (excludes halogenated alkanes) is 2. The zero-order valence-corrected chi connectivity index (χ0v) is 44.4. The highest BCUT2D eigenvalue weighted by Gasteiger charge is 2.43. The van der Waals surface area contributed by atoms with Crippen molar-refractivity contribution in [3.63, 3.8) is 0 Å². The molecule has 0 spiro atoms. The fraction of sp³-hybridized carbons (Fsp3) is 0.740. The first-order valence-corrected chi connectivity index (χ1v) is 28.3. The van der Waals surface area contributed by atoms with Crippen LogP contribution in [0.2, 0.25) is 0 Å². The molecule has 0 radical (unpaired) electrons. The van der Waals surface area contributed by atoms with Crippen molar-refractivity contribution in [3.05, 3.63) is 29.3 Å². The summed E-state index contributed by atoms with van der Waals surface area (Å²) in [7, 11) is 1.75. The maximum atomic E-state index is 13.0. The molecule has 1 aromatic rings. The average molecular weight is 1070 g/mol. The summed E-state index contributed by atoms with van der Waals surface area (Å²) in [5.41, 5.74) is 1.33. The van der Waals surface area contributed by atoms with E-state index in [1.165, 1.54) is 0 Å². The second-order valence-corrected chi connectivity index (χ2v) is 21.0. The number of thioether (sulfide) groups is 2. The summed E-state index contributed by atoms with van der Waals surface area (Å²) in [6.07, 6.45) is 9.27. The molecule has 4 saturated heterocycles. The average Bonchev–Trinajstić information content (AvgIpc) is 4.15. The Kier molecular flexibility index (Phi) is 28.7. The standard InChI is InChI=1S/C50H81N9O12S2/c1-59(2)38-32-36(47(62)53-17-9-21-68-25-29-70-27-23-66-19-7-15-51-43(60)13-5-3-11-41-45-39(34-72-41)55-49(64)57-45)31-37(33-38)48(63)54-18-10-22-69-26-30-71-28-24-67-20-8-16-52-44(61)14-6-4-12-42-46-40(35-73-42)56-50(65)58-46/h31-33,39-42,45-46H,1,3-30,34-35H2,2H3,(H7-,51,52,53,54,55,56,57,58,60,61,62,63,64,65)/p+1. The van der Waals surface area contributed by atoms with Gasteiger partial charge in [-0.3, -0.25) is 19.2 Å². The number of hydrogen-bond acceptors (Lipinski definition) is 14. The maximum Gasteiger partial charge on any atom is 0.315 e. The number of hydrogen-bond donors (Lipinski definition) is 8. The molecule has 1 aromatic carbocycles. The van der Waals surface area contributed by atoms with Crippen LogP contribution in [0.3, 0.4) is 0 Å². The predicted molar refractivity (Wildman–Crippen MR) is 281 cm³/mol. The van der Waals surface area contributed by atoms with Crippen LogP contribution in [0.25, 0.3) is 0 Å². The summed E-state index contributed by atoms with van der Waals surface area (Å²) in [6.45, 7) is 11.3. The van der Waals surface area contributed by atoms with Crippen LogP contribution >= 0.6 is 23.5 Å². The van der Waals surface area contributed by atoms with Crippen molar-refractivity contribution in [3.8, 4) is 0 Å². The SMILES string of the molecule is C=[N+](C)c1cc(C(=O)NCCCOCCOCCOCCCNC(=O)CCCCC2SCC3NC(=O)NC32)cc(C(=O)NCCCOCCOCCOCCCNC(=O)CCCCC2SCC3NC(=O)NC32)c1. The fourth-order valence-electron chi connectivity index (χ4n) is 8.66. The van der Waals surface area contributed by atoms with Gasteiger partial charge in [-0.2, -0.15) is 23.5 Å². The highest BCUT2D eigenvalue weighted by Crippen LogP contribution is 2.34. The van der Waals surface area contributed by atoms with E-state index in [1.54, 1.807) is 29.8 Å². The van der Waals surface area contributed by atoms with E-state index >= 15 is 0 Å². The molecule has 5 rings (SSSR count). The molecule has 0 aliphatic carbocycles. The van der Waals surface area contributed by atoms with E-state index in [9.17, 15) is 28.8 Å². The molecule has 21 nitrogen and oxygen atoms in total. The molecule has 73 heavy (non-hydrogen) atoms. The predicted octanol–water partition coefficient (Wildman–Crippen LogP) is 2.46. The first-order valence-electron chi connectivity index (χ1n) is 26.2. The van der Waals surface area contributed by atoms with Gasteiger partial charge in [0.25, 0.3) is 11.8 Å². The van der Waals surface area contributed by atoms with Crippen molar-refractivity contribution in [2.45, 2.75) is 112 Å². The third-order valence-corrected chi connectivity index (χ3v) is 15.6. The Morgan fingerprint density at radius 2 is 0.877 bits per heavy atom. The van der Waals surface area contributed by atoms with Crippen LogP contribution in [0.4, 0.5) is 15.3 Å². The molecule has 0 aromatic heterocycles. The summed E-state index contributed by atoms with van der Waals surface area (Å²) >= 11 is 3.79. The number of carbonyl (C=O) groups excluding carboxylic acids is 6. The Balaban J connectivity index is 0.756. The van der Waals surface area contributed by atoms with Crippen molar-refractivity contribution in [1.29, 1.82) is 0 Å². The van der Waals surface area contributed by atoms with E-state index in [0.29, 0.717) is 158 Å². The van der Waals surface area contributed by atoms with E-state index in [4.69, 9.17) is 28.4 Å². The molecule has 6 unspecified atom stereocenters. The Morgan fingerprint density at radius 3 is 1.25 bits per heavy atom. The summed E-state index contributed by atoms with van der Waals surface area (Å²) in [5.74, 6) is 1.41. The second-order valence-electron chi connectivity index (χ2n) is 18.5. The van der Waals surface area contributed by atoms with Crippen LogP contribution in [0.1, 0.15) is 97.8 Å². The Labute approximate surface area is 439 Å². The lowest BCUT2D eigenvalue weighted by Crippen LogP contribution is -2.36. The van der Waals surface area contributed by atoms with Crippen molar-refractivity contribution in [2.75, 3.05) is 124 Å². The van der Waals surface area contributed by atoms with Crippen LogP contribution in [-0.4, -0.2) is 206 Å². The fourth-order valence-corrected chi connectivity index (χ4v) is 11.8. The topological polar surface area (TPSA) is 257 Å². The number of ether oxygens (including phenoxy) is 6. The molecule has 4 fully saturated rings. The first-order chi connectivity index (χ1) is 35.6. The molecule has 4 aliphatic heterocycles. The maximum absolute atomic E-state index is 13.0. The molecule has 0 bridgehead atoms. The minimum atomic E-state index is -0.300. The Morgan fingerprint density at radius 1 is 0.521 bits per heavy atom. The lowest BCUT2D eigenvalue weighted by molar-refractivity contribution is -0.394. The monoisotopic (exact) mass is 1060 g/mol. The zero-order chi connectivity index (χ0) is 51.9. The quantitative estimate of drug-likeness (QED) is 0.0203. The third-order valence-electron chi connectivity index (χ3n) is 12.6. The van der Waals surface area contributed by atoms with Gasteiger partial charge in [0, 0.05) is 111 Å². The molecule has 8 amide bonds. The van der Waals surface area contributed by atoms with Crippen molar-refractivity contribution < 1.29 is 61.8 Å². The van der Waals surface area contributed by atoms with Crippen LogP contribution in [0.5, 0.6) is 0 Å². The minimum absolute atomic E-state index is 0.0565. The molecule has 4 heterocycles. The summed E-state index contributed by atoms with van der Waals surface area (Å²) < 4.78 is 35.2. The smallest absolute Gasteiger partial charge is 0.315 e. The van der Waals surface area contributed by atoms with Crippen LogP contribution < -0.4 is 42.5 Å². The normalized spacial score (nSPS) is 20.6. The van der Waals surface area contributed by atoms with Gasteiger partial charge in [0.15, 0.2) is 0 Å². The van der Waals surface area contributed by atoms with Gasteiger partial charge in [0.2, 0.25) is 17.5 Å². The molecular formula is C50H82N9O12S2+. The molecule has 8 N–H and O–H groups in total. The van der Waals surface area contributed by atoms with Gasteiger partial charge in [-0.15, -0.1) is 0 Å². The number of urea groups is 2. The van der Waals surface area contributed by atoms with Gasteiger partial charge in [0.05, 0.1) is 77.0 Å². The minimum Gasteiger partial charge on any atom is -0.379 e. The zero-order valence-electron chi connectivity index (χ0n) is 42.8. The number of fused-ring (bicyclic) bond motifs is 2. The van der Waals surface area contributed by atoms with Gasteiger partial charge < -0.3 is 71.0 Å². The number of rotatable bonds is 41. The Hall–Kier alpha value is -4.23. The molecular weight excluding hydrogens is 983 g/mol. The van der Waals surface area contributed by atoms with Crippen LogP contribution in [0, 0.1) is 0 Å². The van der Waals surface area contributed by atoms with Gasteiger partial charge in [-0.25, -0.2) is 14.2 Å². The van der Waals surface area contributed by atoms with E-state index < -0.39 is 0 Å². The van der Waals surface area contributed by atoms with Gasteiger partial charge >= 0.3 is 12.1 Å². The summed E-state index contributed by atoms with van der Waals surface area (Å²) in [5, 5.41) is 24.5. The third kappa shape index (κ3) is 23.5. The molecule has 23 heteroatoms. The first kappa shape index (κ1) is 59.6. The van der Waals surface area contributed by atoms with Crippen molar-refractivity contribution >= 4 is 71.6 Å². The van der Waals surface area contributed by atoms with Gasteiger partial charge in [0.1, 0.15) is 13.8 Å². The van der Waals surface area contributed by atoms with Crippen LogP contribution in [0.15, 0.2) is 18.2 Å². The summed E-state index contributed by atoms with van der Waals surface area (Å²) in [6, 6.07) is 5.69. The highest BCUT2D eigenvalue weighted by molar-refractivity contribution is 8.00. The lowest BCUT2D eigenvalue weighted by Gasteiger charge is -2.16. The van der Waals surface area contributed by atoms with E-state index in [1.807, 2.05) is 23.5 Å². The molecule has 0 saturated carbocycles. The molecule has 4 aliphatic rings. The van der Waals surface area contributed by atoms with E-state index in [0.717, 1.165) is 62.9 Å². The number of carbonyl (C=O) groups is 6.